The number of hydrogen-bond donors (Lipinski definition) is 2. The second-order valence-electron chi connectivity index (χ2n) is 5.23. The number of ether oxygens (including phenoxy) is 1. The smallest absolute Gasteiger partial charge is 0.308 e. The molecule has 1 amide bonds. The van der Waals surface area contributed by atoms with Gasteiger partial charge in [0.15, 0.2) is 0 Å². The molecule has 0 spiro atoms. The van der Waals surface area contributed by atoms with Crippen molar-refractivity contribution >= 4 is 39.4 Å². The van der Waals surface area contributed by atoms with Crippen molar-refractivity contribution in [1.29, 1.82) is 0 Å². The van der Waals surface area contributed by atoms with Gasteiger partial charge in [0.2, 0.25) is 0 Å². The van der Waals surface area contributed by atoms with E-state index in [2.05, 4.69) is 21.2 Å². The van der Waals surface area contributed by atoms with E-state index in [0.717, 1.165) is 4.47 Å². The van der Waals surface area contributed by atoms with E-state index in [4.69, 9.17) is 16.3 Å². The molecule has 1 saturated heterocycles. The lowest BCUT2D eigenvalue weighted by Gasteiger charge is -2.27. The van der Waals surface area contributed by atoms with Crippen LogP contribution >= 0.6 is 27.5 Å². The van der Waals surface area contributed by atoms with Crippen LogP contribution < -0.4 is 5.32 Å². The third kappa shape index (κ3) is 4.44. The van der Waals surface area contributed by atoms with E-state index < -0.39 is 11.9 Å². The molecule has 5 nitrogen and oxygen atoms in total. The maximum absolute atomic E-state index is 12.2. The van der Waals surface area contributed by atoms with Crippen LogP contribution in [0.5, 0.6) is 0 Å². The van der Waals surface area contributed by atoms with Crippen LogP contribution in [-0.4, -0.2) is 36.7 Å². The molecule has 0 saturated carbocycles. The minimum absolute atomic E-state index is 0.0181. The number of carboxylic acid groups (broad SMARTS) is 1. The standard InChI is InChI=1S/C15H17BrClNO4/c16-10-1-2-13(17)11(7-10)14(19)18-8-12(15(20)21)9-3-5-22-6-4-9/h1-2,7,9,12H,3-6,8H2,(H,18,19)(H,20,21). The van der Waals surface area contributed by atoms with Crippen LogP contribution in [-0.2, 0) is 9.53 Å². The zero-order valence-corrected chi connectivity index (χ0v) is 14.2. The molecule has 2 rings (SSSR count). The first kappa shape index (κ1) is 17.2. The lowest BCUT2D eigenvalue weighted by atomic mass is 9.86. The lowest BCUT2D eigenvalue weighted by molar-refractivity contribution is -0.144. The molecule has 1 aliphatic heterocycles. The van der Waals surface area contributed by atoms with E-state index in [0.29, 0.717) is 36.6 Å². The highest BCUT2D eigenvalue weighted by atomic mass is 79.9. The summed E-state index contributed by atoms with van der Waals surface area (Å²) in [6.45, 7) is 1.22. The number of carbonyl (C=O) groups excluding carboxylic acids is 1. The van der Waals surface area contributed by atoms with E-state index in [9.17, 15) is 14.7 Å². The van der Waals surface area contributed by atoms with Crippen molar-refractivity contribution in [3.63, 3.8) is 0 Å². The van der Waals surface area contributed by atoms with Gasteiger partial charge in [-0.05, 0) is 37.0 Å². The zero-order chi connectivity index (χ0) is 16.1. The van der Waals surface area contributed by atoms with E-state index in [1.807, 2.05) is 0 Å². The fourth-order valence-electron chi connectivity index (χ4n) is 2.54. The van der Waals surface area contributed by atoms with Gasteiger partial charge in [-0.15, -0.1) is 0 Å². The number of carbonyl (C=O) groups is 2. The molecule has 1 unspecified atom stereocenters. The summed E-state index contributed by atoms with van der Waals surface area (Å²) < 4.78 is 5.99. The summed E-state index contributed by atoms with van der Waals surface area (Å²) in [7, 11) is 0. The summed E-state index contributed by atoms with van der Waals surface area (Å²) >= 11 is 9.29. The molecule has 2 N–H and O–H groups in total. The number of nitrogens with one attached hydrogen (secondary N) is 1. The minimum atomic E-state index is -0.896. The molecule has 0 aromatic heterocycles. The summed E-state index contributed by atoms with van der Waals surface area (Å²) in [6, 6.07) is 4.97. The quantitative estimate of drug-likeness (QED) is 0.810. The molecule has 0 radical (unpaired) electrons. The molecule has 1 heterocycles. The Bertz CT molecular complexity index is 560. The van der Waals surface area contributed by atoms with Gasteiger partial charge in [0.25, 0.3) is 5.91 Å². The van der Waals surface area contributed by atoms with Gasteiger partial charge >= 0.3 is 5.97 Å². The highest BCUT2D eigenvalue weighted by Crippen LogP contribution is 2.24. The molecular formula is C15H17BrClNO4. The normalized spacial score (nSPS) is 17.0. The van der Waals surface area contributed by atoms with Crippen LogP contribution in [0.3, 0.4) is 0 Å². The van der Waals surface area contributed by atoms with E-state index in [1.54, 1.807) is 18.2 Å². The highest BCUT2D eigenvalue weighted by molar-refractivity contribution is 9.10. The van der Waals surface area contributed by atoms with Crippen LogP contribution in [0.15, 0.2) is 22.7 Å². The van der Waals surface area contributed by atoms with Gasteiger partial charge in [-0.25, -0.2) is 0 Å². The third-order valence-corrected chi connectivity index (χ3v) is 4.63. The summed E-state index contributed by atoms with van der Waals surface area (Å²) in [5.74, 6) is -1.86. The number of carboxylic acids is 1. The first-order chi connectivity index (χ1) is 10.5. The highest BCUT2D eigenvalue weighted by Gasteiger charge is 2.30. The van der Waals surface area contributed by atoms with Crippen molar-refractivity contribution in [1.82, 2.24) is 5.32 Å². The second-order valence-corrected chi connectivity index (χ2v) is 6.55. The SMILES string of the molecule is O=C(NCC(C(=O)O)C1CCOCC1)c1cc(Br)ccc1Cl. The average Bonchev–Trinajstić information content (AvgIpc) is 2.50. The average molecular weight is 391 g/mol. The topological polar surface area (TPSA) is 75.6 Å². The zero-order valence-electron chi connectivity index (χ0n) is 11.9. The predicted molar refractivity (Wildman–Crippen MR) is 86.2 cm³/mol. The number of hydrogen-bond acceptors (Lipinski definition) is 3. The molecule has 1 aromatic rings. The Morgan fingerprint density at radius 3 is 2.73 bits per heavy atom. The maximum Gasteiger partial charge on any atom is 0.308 e. The Morgan fingerprint density at radius 2 is 2.09 bits per heavy atom. The van der Waals surface area contributed by atoms with E-state index in [1.165, 1.54) is 0 Å². The Labute approximate surface area is 142 Å². The molecule has 120 valence electrons. The van der Waals surface area contributed by atoms with Crippen LogP contribution in [0.1, 0.15) is 23.2 Å². The van der Waals surface area contributed by atoms with Crippen LogP contribution in [0.4, 0.5) is 0 Å². The molecule has 1 aliphatic rings. The Hall–Kier alpha value is -1.11. The van der Waals surface area contributed by atoms with Crippen molar-refractivity contribution in [3.05, 3.63) is 33.3 Å². The van der Waals surface area contributed by atoms with E-state index >= 15 is 0 Å². The second kappa shape index (κ2) is 7.94. The van der Waals surface area contributed by atoms with Crippen molar-refractivity contribution in [3.8, 4) is 0 Å². The van der Waals surface area contributed by atoms with E-state index in [-0.39, 0.29) is 18.4 Å². The number of benzene rings is 1. The molecule has 0 aliphatic carbocycles. The predicted octanol–water partition coefficient (Wildman–Crippen LogP) is 2.96. The number of halogens is 2. The van der Waals surface area contributed by atoms with Gasteiger partial charge < -0.3 is 15.2 Å². The van der Waals surface area contributed by atoms with Crippen molar-refractivity contribution < 1.29 is 19.4 Å². The van der Waals surface area contributed by atoms with Gasteiger partial charge in [-0.2, -0.15) is 0 Å². The summed E-state index contributed by atoms with van der Waals surface area (Å²) in [6.07, 6.45) is 1.40. The number of aliphatic carboxylic acids is 1. The monoisotopic (exact) mass is 389 g/mol. The molecule has 7 heteroatoms. The van der Waals surface area contributed by atoms with Gasteiger partial charge in [0, 0.05) is 24.2 Å². The number of amides is 1. The molecule has 22 heavy (non-hydrogen) atoms. The maximum atomic E-state index is 12.2. The lowest BCUT2D eigenvalue weighted by Crippen LogP contribution is -2.39. The van der Waals surface area contributed by atoms with Gasteiger partial charge in [-0.1, -0.05) is 27.5 Å². The molecule has 1 atom stereocenters. The van der Waals surface area contributed by atoms with Crippen molar-refractivity contribution in [2.24, 2.45) is 11.8 Å². The summed E-state index contributed by atoms with van der Waals surface area (Å²) in [5, 5.41) is 12.4. The van der Waals surface area contributed by atoms with Crippen molar-refractivity contribution in [2.45, 2.75) is 12.8 Å². The van der Waals surface area contributed by atoms with Crippen LogP contribution in [0, 0.1) is 11.8 Å². The first-order valence-electron chi connectivity index (χ1n) is 7.03. The minimum Gasteiger partial charge on any atom is -0.481 e. The molecule has 1 fully saturated rings. The molecular weight excluding hydrogens is 374 g/mol. The van der Waals surface area contributed by atoms with Crippen LogP contribution in [0.25, 0.3) is 0 Å². The Balaban J connectivity index is 2.01. The first-order valence-corrected chi connectivity index (χ1v) is 8.20. The Kier molecular flexibility index (Phi) is 6.23. The summed E-state index contributed by atoms with van der Waals surface area (Å²) in [5.41, 5.74) is 0.326. The van der Waals surface area contributed by atoms with Crippen LogP contribution in [0.2, 0.25) is 5.02 Å². The van der Waals surface area contributed by atoms with Gasteiger partial charge in [0.1, 0.15) is 0 Å². The largest absolute Gasteiger partial charge is 0.481 e. The fourth-order valence-corrected chi connectivity index (χ4v) is 3.11. The Morgan fingerprint density at radius 1 is 1.41 bits per heavy atom. The van der Waals surface area contributed by atoms with Crippen molar-refractivity contribution in [2.75, 3.05) is 19.8 Å². The third-order valence-electron chi connectivity index (χ3n) is 3.81. The van der Waals surface area contributed by atoms with Gasteiger partial charge in [-0.3, -0.25) is 9.59 Å². The molecule has 1 aromatic carbocycles. The summed E-state index contributed by atoms with van der Waals surface area (Å²) in [4.78, 5) is 23.6. The molecule has 0 bridgehead atoms. The number of rotatable bonds is 5. The fraction of sp³-hybridized carbons (Fsp3) is 0.467. The van der Waals surface area contributed by atoms with Gasteiger partial charge in [0.05, 0.1) is 16.5 Å².